The molecular weight excluding hydrogens is 146 g/mol. The third kappa shape index (κ3) is 5.41. The summed E-state index contributed by atoms with van der Waals surface area (Å²) in [6.45, 7) is -0.781. The van der Waals surface area contributed by atoms with E-state index in [1.165, 1.54) is 0 Å². The van der Waals surface area contributed by atoms with Gasteiger partial charge in [-0.05, 0) is 0 Å². The van der Waals surface area contributed by atoms with Crippen LogP contribution >= 0.6 is 0 Å². The first-order chi connectivity index (χ1) is 3.95. The lowest BCUT2D eigenvalue weighted by Crippen LogP contribution is -2.24. The second kappa shape index (κ2) is 2.90. The molecule has 0 bridgehead atoms. The Morgan fingerprint density at radius 1 is 1.56 bits per heavy atom. The number of nitrogens with two attached hydrogens (primary N) is 1. The maximum atomic E-state index is 10.1. The summed E-state index contributed by atoms with van der Waals surface area (Å²) in [5, 5.41) is 12.5. The number of Topliss-reactive ketones (excluding diaryl/α,β-unsaturated/α-hetero) is 1. The summed E-state index contributed by atoms with van der Waals surface area (Å²) >= 11 is 0. The molecule has 0 saturated carbocycles. The van der Waals surface area contributed by atoms with Gasteiger partial charge in [0.2, 0.25) is 10.0 Å². The highest BCUT2D eigenvalue weighted by Gasteiger charge is 2.08. The van der Waals surface area contributed by atoms with Crippen molar-refractivity contribution in [2.45, 2.75) is 0 Å². The molecule has 0 rings (SSSR count). The van der Waals surface area contributed by atoms with Crippen LogP contribution in [0.2, 0.25) is 0 Å². The molecule has 0 amide bonds. The van der Waals surface area contributed by atoms with E-state index in [0.29, 0.717) is 0 Å². The predicted molar refractivity (Wildman–Crippen MR) is 30.1 cm³/mol. The molecule has 6 heteroatoms. The van der Waals surface area contributed by atoms with Gasteiger partial charge in [0.1, 0.15) is 12.4 Å². The van der Waals surface area contributed by atoms with E-state index in [-0.39, 0.29) is 0 Å². The third-order valence-electron chi connectivity index (χ3n) is 0.539. The topological polar surface area (TPSA) is 97.5 Å². The second-order valence-electron chi connectivity index (χ2n) is 1.50. The van der Waals surface area contributed by atoms with Crippen molar-refractivity contribution in [2.24, 2.45) is 5.14 Å². The molecule has 0 spiro atoms. The number of primary sulfonamides is 1. The van der Waals surface area contributed by atoms with Crippen LogP contribution in [0.3, 0.4) is 0 Å². The maximum absolute atomic E-state index is 10.1. The first kappa shape index (κ1) is 8.54. The Morgan fingerprint density at radius 3 is 2.11 bits per heavy atom. The van der Waals surface area contributed by atoms with Crippen LogP contribution in [-0.2, 0) is 14.8 Å². The van der Waals surface area contributed by atoms with Crippen LogP contribution in [0.4, 0.5) is 0 Å². The van der Waals surface area contributed by atoms with E-state index in [1.807, 2.05) is 0 Å². The zero-order valence-corrected chi connectivity index (χ0v) is 5.39. The first-order valence-corrected chi connectivity index (χ1v) is 3.80. The highest BCUT2D eigenvalue weighted by molar-refractivity contribution is 7.89. The zero-order chi connectivity index (χ0) is 7.49. The molecular formula is C3H7NO4S. The van der Waals surface area contributed by atoms with E-state index in [0.717, 1.165) is 0 Å². The average molecular weight is 153 g/mol. The van der Waals surface area contributed by atoms with Crippen molar-refractivity contribution in [3.8, 4) is 0 Å². The lowest BCUT2D eigenvalue weighted by molar-refractivity contribution is -0.119. The van der Waals surface area contributed by atoms with Crippen molar-refractivity contribution in [1.82, 2.24) is 0 Å². The minimum atomic E-state index is -3.74. The molecule has 0 aromatic heterocycles. The summed E-state index contributed by atoms with van der Waals surface area (Å²) in [4.78, 5) is 10.1. The van der Waals surface area contributed by atoms with Crippen LogP contribution in [-0.4, -0.2) is 31.7 Å². The summed E-state index contributed by atoms with van der Waals surface area (Å²) in [5.41, 5.74) is 0. The molecule has 0 radical (unpaired) electrons. The number of hydrogen-bond donors (Lipinski definition) is 2. The standard InChI is InChI=1S/C3H7NO4S/c4-9(7,8)2-3(6)1-5/h5H,1-2H2,(H2,4,7,8). The number of aliphatic hydroxyl groups excluding tert-OH is 1. The van der Waals surface area contributed by atoms with Crippen molar-refractivity contribution < 1.29 is 18.3 Å². The molecule has 0 aromatic rings. The molecule has 0 aliphatic carbocycles. The number of sulfonamides is 1. The Kier molecular flexibility index (Phi) is 2.75. The lowest BCUT2D eigenvalue weighted by atomic mass is 10.5. The van der Waals surface area contributed by atoms with E-state index in [9.17, 15) is 13.2 Å². The van der Waals surface area contributed by atoms with Crippen LogP contribution in [0.5, 0.6) is 0 Å². The smallest absolute Gasteiger partial charge is 0.216 e. The molecule has 0 aliphatic heterocycles. The molecule has 0 heterocycles. The van der Waals surface area contributed by atoms with Crippen LogP contribution in [0.15, 0.2) is 0 Å². The number of hydrogen-bond acceptors (Lipinski definition) is 4. The Hall–Kier alpha value is -0.460. The highest BCUT2D eigenvalue weighted by Crippen LogP contribution is 1.77. The minimum Gasteiger partial charge on any atom is -0.389 e. The van der Waals surface area contributed by atoms with Crippen molar-refractivity contribution in [3.05, 3.63) is 0 Å². The van der Waals surface area contributed by atoms with Crippen LogP contribution < -0.4 is 5.14 Å². The molecule has 54 valence electrons. The van der Waals surface area contributed by atoms with E-state index >= 15 is 0 Å². The van der Waals surface area contributed by atoms with Gasteiger partial charge in [0.25, 0.3) is 0 Å². The maximum Gasteiger partial charge on any atom is 0.216 e. The Bertz CT molecular complexity index is 194. The molecule has 3 N–H and O–H groups in total. The molecule has 9 heavy (non-hydrogen) atoms. The summed E-state index contributed by atoms with van der Waals surface area (Å²) < 4.78 is 20.1. The fourth-order valence-electron chi connectivity index (χ4n) is 0.270. The van der Waals surface area contributed by atoms with Crippen molar-refractivity contribution in [2.75, 3.05) is 12.4 Å². The van der Waals surface area contributed by atoms with Crippen LogP contribution in [0.1, 0.15) is 0 Å². The van der Waals surface area contributed by atoms with Crippen molar-refractivity contribution in [1.29, 1.82) is 0 Å². The van der Waals surface area contributed by atoms with Gasteiger partial charge < -0.3 is 5.11 Å². The molecule has 0 atom stereocenters. The quantitative estimate of drug-likeness (QED) is 0.482. The predicted octanol–water partition coefficient (Wildman–Crippen LogP) is -2.16. The largest absolute Gasteiger partial charge is 0.389 e. The van der Waals surface area contributed by atoms with Gasteiger partial charge in [-0.3, -0.25) is 4.79 Å². The monoisotopic (exact) mass is 153 g/mol. The van der Waals surface area contributed by atoms with Crippen molar-refractivity contribution in [3.63, 3.8) is 0 Å². The van der Waals surface area contributed by atoms with E-state index in [4.69, 9.17) is 5.11 Å². The Labute approximate surface area is 52.5 Å². The molecule has 5 nitrogen and oxygen atoms in total. The summed E-state index contributed by atoms with van der Waals surface area (Å²) in [5.74, 6) is -1.58. The highest BCUT2D eigenvalue weighted by atomic mass is 32.2. The number of carbonyl (C=O) groups is 1. The number of rotatable bonds is 3. The SMILES string of the molecule is NS(=O)(=O)CC(=O)CO. The van der Waals surface area contributed by atoms with E-state index < -0.39 is 28.2 Å². The van der Waals surface area contributed by atoms with Crippen molar-refractivity contribution >= 4 is 15.8 Å². The summed E-state index contributed by atoms with van der Waals surface area (Å²) in [7, 11) is -3.74. The molecule has 0 saturated heterocycles. The van der Waals surface area contributed by atoms with E-state index in [2.05, 4.69) is 5.14 Å². The zero-order valence-electron chi connectivity index (χ0n) is 4.57. The van der Waals surface area contributed by atoms with Gasteiger partial charge in [0, 0.05) is 0 Å². The Morgan fingerprint density at radius 2 is 2.00 bits per heavy atom. The fraction of sp³-hybridized carbons (Fsp3) is 0.667. The van der Waals surface area contributed by atoms with Gasteiger partial charge in [-0.25, -0.2) is 13.6 Å². The van der Waals surface area contributed by atoms with Gasteiger partial charge >= 0.3 is 0 Å². The molecule has 0 aliphatic rings. The number of carbonyl (C=O) groups excluding carboxylic acids is 1. The van der Waals surface area contributed by atoms with Gasteiger partial charge in [-0.1, -0.05) is 0 Å². The Balaban J connectivity index is 3.91. The second-order valence-corrected chi connectivity index (χ2v) is 3.12. The van der Waals surface area contributed by atoms with Gasteiger partial charge in [-0.2, -0.15) is 0 Å². The fourth-order valence-corrected chi connectivity index (χ4v) is 0.810. The molecule has 0 aromatic carbocycles. The average Bonchev–Trinajstić information content (AvgIpc) is 1.62. The number of aliphatic hydroxyl groups is 1. The molecule has 0 unspecified atom stereocenters. The third-order valence-corrected chi connectivity index (χ3v) is 1.26. The first-order valence-electron chi connectivity index (χ1n) is 2.09. The van der Waals surface area contributed by atoms with Gasteiger partial charge in [0.15, 0.2) is 5.78 Å². The minimum absolute atomic E-state index is 0.781. The van der Waals surface area contributed by atoms with Gasteiger partial charge in [-0.15, -0.1) is 0 Å². The van der Waals surface area contributed by atoms with Crippen LogP contribution in [0.25, 0.3) is 0 Å². The number of ketones is 1. The summed E-state index contributed by atoms with van der Waals surface area (Å²) in [6, 6.07) is 0. The normalized spacial score (nSPS) is 11.3. The van der Waals surface area contributed by atoms with Crippen LogP contribution in [0, 0.1) is 0 Å². The summed E-state index contributed by atoms with van der Waals surface area (Å²) in [6.07, 6.45) is 0. The van der Waals surface area contributed by atoms with E-state index in [1.54, 1.807) is 0 Å². The molecule has 0 fully saturated rings. The van der Waals surface area contributed by atoms with Gasteiger partial charge in [0.05, 0.1) is 0 Å². The lowest BCUT2D eigenvalue weighted by Gasteiger charge is -1.91.